The van der Waals surface area contributed by atoms with Crippen molar-refractivity contribution in [1.82, 2.24) is 5.32 Å². The van der Waals surface area contributed by atoms with Gasteiger partial charge in [0, 0.05) is 6.04 Å². The molecule has 0 radical (unpaired) electrons. The fourth-order valence-corrected chi connectivity index (χ4v) is 2.54. The van der Waals surface area contributed by atoms with E-state index in [4.69, 9.17) is 0 Å². The van der Waals surface area contributed by atoms with Crippen molar-refractivity contribution in [3.8, 4) is 5.75 Å². The van der Waals surface area contributed by atoms with Crippen molar-refractivity contribution in [1.29, 1.82) is 0 Å². The lowest BCUT2D eigenvalue weighted by molar-refractivity contribution is -0.140. The molecule has 2 unspecified atom stereocenters. The fraction of sp³-hybridized carbons (Fsp3) is 0.500. The predicted molar refractivity (Wildman–Crippen MR) is 68.6 cm³/mol. The Kier molecular flexibility index (Phi) is 3.57. The quantitative estimate of drug-likeness (QED) is 0.764. The zero-order valence-electron chi connectivity index (χ0n) is 10.7. The molecule has 4 heteroatoms. The molecule has 0 aromatic heterocycles. The van der Waals surface area contributed by atoms with Gasteiger partial charge >= 0.3 is 5.97 Å². The minimum Gasteiger partial charge on any atom is -0.508 e. The summed E-state index contributed by atoms with van der Waals surface area (Å²) in [6.45, 7) is 3.80. The van der Waals surface area contributed by atoms with Crippen molar-refractivity contribution in [3.05, 3.63) is 29.3 Å². The molecular formula is C14H19NO3. The summed E-state index contributed by atoms with van der Waals surface area (Å²) in [7, 11) is 0. The van der Waals surface area contributed by atoms with E-state index in [0.717, 1.165) is 24.0 Å². The summed E-state index contributed by atoms with van der Waals surface area (Å²) in [5.41, 5.74) is 2.22. The minimum atomic E-state index is -0.808. The smallest absolute Gasteiger partial charge is 0.320 e. The van der Waals surface area contributed by atoms with E-state index in [-0.39, 0.29) is 17.7 Å². The molecule has 18 heavy (non-hydrogen) atoms. The van der Waals surface area contributed by atoms with Crippen LogP contribution < -0.4 is 5.32 Å². The summed E-state index contributed by atoms with van der Waals surface area (Å²) in [5.74, 6) is -0.492. The number of hydrogen-bond donors (Lipinski definition) is 3. The third-order valence-corrected chi connectivity index (χ3v) is 3.52. The molecule has 1 aliphatic rings. The first-order chi connectivity index (χ1) is 8.49. The molecule has 0 spiro atoms. The third-order valence-electron chi connectivity index (χ3n) is 3.52. The van der Waals surface area contributed by atoms with Crippen molar-refractivity contribution in [3.63, 3.8) is 0 Å². The van der Waals surface area contributed by atoms with Gasteiger partial charge in [-0.1, -0.05) is 19.9 Å². The maximum absolute atomic E-state index is 11.2. The molecule has 2 rings (SSSR count). The number of carboxylic acids is 1. The summed E-state index contributed by atoms with van der Waals surface area (Å²) in [5, 5.41) is 21.8. The number of rotatable bonds is 4. The molecule has 0 saturated carbocycles. The summed E-state index contributed by atoms with van der Waals surface area (Å²) >= 11 is 0. The van der Waals surface area contributed by atoms with E-state index < -0.39 is 12.0 Å². The molecule has 2 atom stereocenters. The number of aliphatic carboxylic acids is 1. The standard InChI is InChI=1S/C14H19NO3/c1-8(2)13(14(17)18)15-12-6-3-9-7-10(16)4-5-11(9)12/h4-5,7-8,12-13,15-16H,3,6H2,1-2H3,(H,17,18). The number of phenolic OH excluding ortho intramolecular Hbond substituents is 1. The number of hydrogen-bond acceptors (Lipinski definition) is 3. The molecule has 0 bridgehead atoms. The maximum Gasteiger partial charge on any atom is 0.320 e. The molecule has 0 fully saturated rings. The van der Waals surface area contributed by atoms with Crippen LogP contribution in [0.4, 0.5) is 0 Å². The monoisotopic (exact) mass is 249 g/mol. The van der Waals surface area contributed by atoms with Crippen LogP contribution >= 0.6 is 0 Å². The van der Waals surface area contributed by atoms with Gasteiger partial charge in [-0.25, -0.2) is 0 Å². The SMILES string of the molecule is CC(C)C(NC1CCc2cc(O)ccc21)C(=O)O. The number of carbonyl (C=O) groups is 1. The highest BCUT2D eigenvalue weighted by atomic mass is 16.4. The third kappa shape index (κ3) is 2.48. The number of benzene rings is 1. The van der Waals surface area contributed by atoms with Gasteiger partial charge in [0.2, 0.25) is 0 Å². The van der Waals surface area contributed by atoms with Crippen LogP contribution in [0.15, 0.2) is 18.2 Å². The molecule has 1 aliphatic carbocycles. The van der Waals surface area contributed by atoms with Gasteiger partial charge < -0.3 is 10.2 Å². The van der Waals surface area contributed by atoms with Crippen LogP contribution in [0.25, 0.3) is 0 Å². The van der Waals surface area contributed by atoms with E-state index in [0.29, 0.717) is 0 Å². The lowest BCUT2D eigenvalue weighted by Gasteiger charge is -2.23. The average molecular weight is 249 g/mol. The largest absolute Gasteiger partial charge is 0.508 e. The summed E-state index contributed by atoms with van der Waals surface area (Å²) in [6, 6.07) is 4.85. The minimum absolute atomic E-state index is 0.0451. The van der Waals surface area contributed by atoms with Crippen molar-refractivity contribution in [2.75, 3.05) is 0 Å². The van der Waals surface area contributed by atoms with E-state index in [1.54, 1.807) is 12.1 Å². The van der Waals surface area contributed by atoms with Gasteiger partial charge in [0.1, 0.15) is 11.8 Å². The highest BCUT2D eigenvalue weighted by Crippen LogP contribution is 2.33. The second-order valence-electron chi connectivity index (χ2n) is 5.20. The number of phenols is 1. The number of carboxylic acid groups (broad SMARTS) is 1. The van der Waals surface area contributed by atoms with Crippen LogP contribution in [-0.2, 0) is 11.2 Å². The Balaban J connectivity index is 2.16. The van der Waals surface area contributed by atoms with Crippen LogP contribution in [0.1, 0.15) is 37.4 Å². The molecule has 98 valence electrons. The fourth-order valence-electron chi connectivity index (χ4n) is 2.54. The van der Waals surface area contributed by atoms with Crippen molar-refractivity contribution >= 4 is 5.97 Å². The van der Waals surface area contributed by atoms with Crippen molar-refractivity contribution in [2.24, 2.45) is 5.92 Å². The topological polar surface area (TPSA) is 69.6 Å². The molecular weight excluding hydrogens is 230 g/mol. The van der Waals surface area contributed by atoms with E-state index in [1.807, 2.05) is 19.9 Å². The number of fused-ring (bicyclic) bond motifs is 1. The zero-order valence-corrected chi connectivity index (χ0v) is 10.7. The molecule has 0 heterocycles. The molecule has 1 aromatic carbocycles. The van der Waals surface area contributed by atoms with E-state index in [2.05, 4.69) is 5.32 Å². The van der Waals surface area contributed by atoms with Crippen LogP contribution in [-0.4, -0.2) is 22.2 Å². The first-order valence-electron chi connectivity index (χ1n) is 6.29. The van der Waals surface area contributed by atoms with Crippen LogP contribution in [0.5, 0.6) is 5.75 Å². The average Bonchev–Trinajstić information content (AvgIpc) is 2.67. The second kappa shape index (κ2) is 4.98. The molecule has 4 nitrogen and oxygen atoms in total. The number of aryl methyl sites for hydroxylation is 1. The summed E-state index contributed by atoms with van der Waals surface area (Å²) in [4.78, 5) is 11.2. The Labute approximate surface area is 107 Å². The lowest BCUT2D eigenvalue weighted by atomic mass is 10.0. The second-order valence-corrected chi connectivity index (χ2v) is 5.20. The molecule has 3 N–H and O–H groups in total. The first kappa shape index (κ1) is 12.9. The lowest BCUT2D eigenvalue weighted by Crippen LogP contribution is -2.42. The van der Waals surface area contributed by atoms with Gasteiger partial charge in [-0.3, -0.25) is 10.1 Å². The van der Waals surface area contributed by atoms with Gasteiger partial charge in [0.05, 0.1) is 0 Å². The molecule has 1 aromatic rings. The Morgan fingerprint density at radius 3 is 2.78 bits per heavy atom. The van der Waals surface area contributed by atoms with Crippen LogP contribution in [0.2, 0.25) is 0 Å². The van der Waals surface area contributed by atoms with Crippen molar-refractivity contribution < 1.29 is 15.0 Å². The molecule has 0 saturated heterocycles. The van der Waals surface area contributed by atoms with Crippen molar-refractivity contribution in [2.45, 2.75) is 38.8 Å². The summed E-state index contributed by atoms with van der Waals surface area (Å²) < 4.78 is 0. The summed E-state index contributed by atoms with van der Waals surface area (Å²) in [6.07, 6.45) is 1.77. The highest BCUT2D eigenvalue weighted by molar-refractivity contribution is 5.73. The van der Waals surface area contributed by atoms with Gasteiger partial charge in [-0.05, 0) is 42.0 Å². The molecule has 0 aliphatic heterocycles. The Morgan fingerprint density at radius 2 is 2.17 bits per heavy atom. The Morgan fingerprint density at radius 1 is 1.44 bits per heavy atom. The number of aromatic hydroxyl groups is 1. The van der Waals surface area contributed by atoms with E-state index >= 15 is 0 Å². The Bertz CT molecular complexity index is 456. The Hall–Kier alpha value is -1.55. The zero-order chi connectivity index (χ0) is 13.3. The van der Waals surface area contributed by atoms with Crippen LogP contribution in [0.3, 0.4) is 0 Å². The normalized spacial score (nSPS) is 19.8. The highest BCUT2D eigenvalue weighted by Gasteiger charge is 2.29. The van der Waals surface area contributed by atoms with Gasteiger partial charge in [-0.15, -0.1) is 0 Å². The number of nitrogens with one attached hydrogen (secondary N) is 1. The van der Waals surface area contributed by atoms with E-state index in [9.17, 15) is 15.0 Å². The first-order valence-corrected chi connectivity index (χ1v) is 6.29. The van der Waals surface area contributed by atoms with E-state index in [1.165, 1.54) is 0 Å². The van der Waals surface area contributed by atoms with Crippen LogP contribution in [0, 0.1) is 5.92 Å². The van der Waals surface area contributed by atoms with Gasteiger partial charge in [0.15, 0.2) is 0 Å². The van der Waals surface area contributed by atoms with Gasteiger partial charge in [-0.2, -0.15) is 0 Å². The molecule has 0 amide bonds. The predicted octanol–water partition coefficient (Wildman–Crippen LogP) is 2.08. The maximum atomic E-state index is 11.2. The van der Waals surface area contributed by atoms with Gasteiger partial charge in [0.25, 0.3) is 0 Å².